The molecule has 0 aliphatic heterocycles. The molecule has 2 aromatic rings. The van der Waals surface area contributed by atoms with E-state index in [1.165, 1.54) is 7.11 Å². The molecule has 4 atom stereocenters. The predicted molar refractivity (Wildman–Crippen MR) is 135 cm³/mol. The summed E-state index contributed by atoms with van der Waals surface area (Å²) in [5, 5.41) is 5.75. The summed E-state index contributed by atoms with van der Waals surface area (Å²) >= 11 is 0. The van der Waals surface area contributed by atoms with Crippen molar-refractivity contribution >= 4 is 19.6 Å². The summed E-state index contributed by atoms with van der Waals surface area (Å²) in [6.45, 7) is 3.16. The first-order valence-electron chi connectivity index (χ1n) is 11.9. The molecule has 0 bridgehead atoms. The zero-order chi connectivity index (χ0) is 26.6. The topological polar surface area (TPSA) is 158 Å². The molecule has 0 unspecified atom stereocenters. The Morgan fingerprint density at radius 1 is 0.763 bits per heavy atom. The quantitative estimate of drug-likeness (QED) is 0.151. The summed E-state index contributed by atoms with van der Waals surface area (Å²) in [5.74, 6) is -0.499. The summed E-state index contributed by atoms with van der Waals surface area (Å²) in [6.07, 6.45) is 0.911. The van der Waals surface area contributed by atoms with Gasteiger partial charge in [0.05, 0.1) is 25.3 Å². The number of phosphoric acid groups is 1. The van der Waals surface area contributed by atoms with Gasteiger partial charge in [-0.15, -0.1) is 0 Å². The Labute approximate surface area is 237 Å². The number of carbonyl (C=O) groups excluding carboxylic acids is 2. The molecule has 0 fully saturated rings. The maximum Gasteiger partial charge on any atom is 0.474 e. The van der Waals surface area contributed by atoms with Gasteiger partial charge in [-0.25, -0.2) is 4.57 Å². The fourth-order valence-electron chi connectivity index (χ4n) is 3.29. The van der Waals surface area contributed by atoms with Crippen molar-refractivity contribution in [3.63, 3.8) is 0 Å². The number of quaternary nitrogens is 2. The molecule has 0 aromatic heterocycles. The van der Waals surface area contributed by atoms with Crippen LogP contribution in [-0.2, 0) is 40.6 Å². The Morgan fingerprint density at radius 3 is 1.39 bits per heavy atom. The van der Waals surface area contributed by atoms with Crippen molar-refractivity contribution in [1.29, 1.82) is 0 Å². The van der Waals surface area contributed by atoms with Crippen LogP contribution in [0.25, 0.3) is 0 Å². The van der Waals surface area contributed by atoms with Gasteiger partial charge in [0.25, 0.3) is 11.8 Å². The standard InChI is InChI=1S/C25H37N4O6P.2ClH/c1-18(26)24(30)28-22(14-20-10-6-4-7-11-20)16-34-36(32,33-3)35-17-23(29-25(31)19(2)27)15-21-12-8-5-9-13-21;;/h4-13,18-19,22-23H,14-17,26-27H2,1-3H3,(H,28,30)(H,29,31);2*1H/t18-,19-,22-,23-;;/m0../s1. The number of benzene rings is 2. The molecule has 2 rings (SSSR count). The lowest BCUT2D eigenvalue weighted by Gasteiger charge is -2.24. The summed E-state index contributed by atoms with van der Waals surface area (Å²) in [4.78, 5) is 24.6. The van der Waals surface area contributed by atoms with Gasteiger partial charge in [-0.05, 0) is 37.8 Å². The van der Waals surface area contributed by atoms with Crippen LogP contribution in [0.5, 0.6) is 0 Å². The van der Waals surface area contributed by atoms with E-state index in [4.69, 9.17) is 13.6 Å². The molecule has 2 aromatic carbocycles. The van der Waals surface area contributed by atoms with Crippen LogP contribution in [0.15, 0.2) is 60.7 Å². The number of hydrogen-bond acceptors (Lipinski definition) is 6. The van der Waals surface area contributed by atoms with Gasteiger partial charge in [0.15, 0.2) is 12.1 Å². The van der Waals surface area contributed by atoms with Gasteiger partial charge in [-0.1, -0.05) is 60.7 Å². The molecule has 0 heterocycles. The minimum absolute atomic E-state index is 0. The Morgan fingerprint density at radius 2 is 1.11 bits per heavy atom. The number of rotatable bonds is 15. The largest absolute Gasteiger partial charge is 1.00 e. The van der Waals surface area contributed by atoms with E-state index in [1.54, 1.807) is 13.8 Å². The maximum atomic E-state index is 13.2. The summed E-state index contributed by atoms with van der Waals surface area (Å²) in [5.41, 5.74) is 9.45. The zero-order valence-electron chi connectivity index (χ0n) is 22.0. The van der Waals surface area contributed by atoms with Crippen LogP contribution >= 0.6 is 7.82 Å². The number of hydrogen-bond donors (Lipinski definition) is 4. The molecule has 38 heavy (non-hydrogen) atoms. The molecule has 0 radical (unpaired) electrons. The third kappa shape index (κ3) is 13.2. The van der Waals surface area contributed by atoms with E-state index in [0.29, 0.717) is 12.8 Å². The normalized spacial score (nSPS) is 14.1. The van der Waals surface area contributed by atoms with E-state index < -0.39 is 32.0 Å². The summed E-state index contributed by atoms with van der Waals surface area (Å²) in [7, 11) is -2.76. The molecule has 10 nitrogen and oxygen atoms in total. The molecule has 0 saturated carbocycles. The van der Waals surface area contributed by atoms with Gasteiger partial charge in [0.2, 0.25) is 0 Å². The average molecular weight is 593 g/mol. The first-order chi connectivity index (χ1) is 17.1. The zero-order valence-corrected chi connectivity index (χ0v) is 24.4. The van der Waals surface area contributed by atoms with Crippen LogP contribution in [0, 0.1) is 0 Å². The highest BCUT2D eigenvalue weighted by atomic mass is 35.5. The smallest absolute Gasteiger partial charge is 0.474 e. The second-order valence-electron chi connectivity index (χ2n) is 8.81. The molecular formula is C25H39Cl2N4O6P. The Bertz CT molecular complexity index is 926. The van der Waals surface area contributed by atoms with E-state index in [0.717, 1.165) is 11.1 Å². The molecule has 214 valence electrons. The van der Waals surface area contributed by atoms with Crippen LogP contribution in [-0.4, -0.2) is 56.3 Å². The van der Waals surface area contributed by atoms with E-state index in [1.807, 2.05) is 60.7 Å². The third-order valence-corrected chi connectivity index (χ3v) is 6.71. The second kappa shape index (κ2) is 18.3. The average Bonchev–Trinajstić information content (AvgIpc) is 2.87. The highest BCUT2D eigenvalue weighted by molar-refractivity contribution is 7.48. The van der Waals surface area contributed by atoms with Gasteiger partial charge in [0.1, 0.15) is 0 Å². The molecule has 2 amide bonds. The number of amides is 2. The van der Waals surface area contributed by atoms with Crippen molar-refractivity contribution in [2.75, 3.05) is 20.3 Å². The van der Waals surface area contributed by atoms with Crippen molar-refractivity contribution in [3.05, 3.63) is 71.8 Å². The van der Waals surface area contributed by atoms with E-state index in [2.05, 4.69) is 22.1 Å². The Hall–Kier alpha value is -2.01. The van der Waals surface area contributed by atoms with Crippen molar-refractivity contribution in [2.45, 2.75) is 50.9 Å². The highest BCUT2D eigenvalue weighted by Gasteiger charge is 2.30. The van der Waals surface area contributed by atoms with Crippen LogP contribution in [0.4, 0.5) is 0 Å². The summed E-state index contributed by atoms with van der Waals surface area (Å²) < 4.78 is 29.5. The SMILES string of the molecule is COP(=O)(OC[C@H](Cc1ccccc1)NC(=O)[C@H](C)[NH3+])OC[C@H](Cc1ccccc1)NC(=O)[C@H](C)[NH3+].[Cl-].[Cl-]. The maximum absolute atomic E-state index is 13.2. The minimum atomic E-state index is -3.99. The summed E-state index contributed by atoms with van der Waals surface area (Å²) in [6, 6.07) is 17.2. The van der Waals surface area contributed by atoms with E-state index in [9.17, 15) is 14.2 Å². The number of carbonyl (C=O) groups is 2. The number of phosphoric ester groups is 1. The van der Waals surface area contributed by atoms with Crippen LogP contribution in [0.2, 0.25) is 0 Å². The molecule has 0 aliphatic rings. The fraction of sp³-hybridized carbons (Fsp3) is 0.440. The number of nitrogens with one attached hydrogen (secondary N) is 2. The van der Waals surface area contributed by atoms with Gasteiger partial charge in [0, 0.05) is 7.11 Å². The Balaban J connectivity index is 0.00000684. The monoisotopic (exact) mass is 592 g/mol. The lowest BCUT2D eigenvalue weighted by atomic mass is 10.1. The van der Waals surface area contributed by atoms with E-state index in [-0.39, 0.29) is 49.8 Å². The van der Waals surface area contributed by atoms with E-state index >= 15 is 0 Å². The van der Waals surface area contributed by atoms with Crippen molar-refractivity contribution in [1.82, 2.24) is 10.6 Å². The van der Waals surface area contributed by atoms with Gasteiger partial charge in [-0.3, -0.25) is 23.2 Å². The van der Waals surface area contributed by atoms with Gasteiger partial charge in [-0.2, -0.15) is 0 Å². The Kier molecular flexibility index (Phi) is 17.3. The van der Waals surface area contributed by atoms with Crippen LogP contribution < -0.4 is 46.9 Å². The molecule has 8 N–H and O–H groups in total. The highest BCUT2D eigenvalue weighted by Crippen LogP contribution is 2.48. The molecule has 13 heteroatoms. The van der Waals surface area contributed by atoms with Crippen molar-refractivity contribution in [3.8, 4) is 0 Å². The molecule has 0 spiro atoms. The van der Waals surface area contributed by atoms with Crippen molar-refractivity contribution < 1.29 is 64.0 Å². The van der Waals surface area contributed by atoms with Crippen molar-refractivity contribution in [2.24, 2.45) is 0 Å². The third-order valence-electron chi connectivity index (χ3n) is 5.33. The first-order valence-corrected chi connectivity index (χ1v) is 13.4. The predicted octanol–water partition coefficient (Wildman–Crippen LogP) is -5.50. The van der Waals surface area contributed by atoms with Crippen LogP contribution in [0.3, 0.4) is 0 Å². The fourth-order valence-corrected chi connectivity index (χ4v) is 4.30. The van der Waals surface area contributed by atoms with Gasteiger partial charge >= 0.3 is 7.82 Å². The molecular weight excluding hydrogens is 554 g/mol. The minimum Gasteiger partial charge on any atom is -1.00 e. The van der Waals surface area contributed by atoms with Gasteiger partial charge < -0.3 is 46.9 Å². The first kappa shape index (κ1) is 36.0. The molecule has 0 saturated heterocycles. The lowest BCUT2D eigenvalue weighted by molar-refractivity contribution is -0.398. The van der Waals surface area contributed by atoms with Crippen LogP contribution in [0.1, 0.15) is 25.0 Å². The number of halogens is 2. The molecule has 0 aliphatic carbocycles. The second-order valence-corrected chi connectivity index (χ2v) is 10.6. The lowest BCUT2D eigenvalue weighted by Crippen LogP contribution is -3.00.